The number of benzene rings is 2. The van der Waals surface area contributed by atoms with Crippen molar-refractivity contribution in [3.05, 3.63) is 51.6 Å². The lowest BCUT2D eigenvalue weighted by molar-refractivity contribution is -0.144. The molecule has 1 saturated carbocycles. The van der Waals surface area contributed by atoms with E-state index in [0.717, 1.165) is 39.1 Å². The highest BCUT2D eigenvalue weighted by Crippen LogP contribution is 2.48. The zero-order chi connectivity index (χ0) is 19.7. The van der Waals surface area contributed by atoms with Gasteiger partial charge in [0.15, 0.2) is 6.04 Å². The lowest BCUT2D eigenvalue weighted by Gasteiger charge is -2.27. The Morgan fingerprint density at radius 2 is 1.89 bits per heavy atom. The molecule has 1 fully saturated rings. The van der Waals surface area contributed by atoms with Crippen molar-refractivity contribution >= 4 is 51.5 Å². The van der Waals surface area contributed by atoms with Crippen molar-refractivity contribution in [1.82, 2.24) is 0 Å². The predicted octanol–water partition coefficient (Wildman–Crippen LogP) is 5.98. The second kappa shape index (κ2) is 8.49. The Bertz CT molecular complexity index is 851. The lowest BCUT2D eigenvalue weighted by atomic mass is 10.1. The number of hydrogen-bond donors (Lipinski definition) is 0. The van der Waals surface area contributed by atoms with Crippen molar-refractivity contribution in [1.29, 1.82) is 0 Å². The van der Waals surface area contributed by atoms with Crippen LogP contribution < -0.4 is 9.64 Å². The number of carbonyl (C=O) groups is 1. The number of hydrogen-bond acceptors (Lipinski definition) is 4. The molecule has 6 heteroatoms. The van der Waals surface area contributed by atoms with Crippen LogP contribution in [0, 0.1) is 3.57 Å². The van der Waals surface area contributed by atoms with E-state index < -0.39 is 11.4 Å². The summed E-state index contributed by atoms with van der Waals surface area (Å²) >= 11 is 8.99. The van der Waals surface area contributed by atoms with E-state index >= 15 is 0 Å². The third-order valence-electron chi connectivity index (χ3n) is 5.35. The largest absolute Gasteiger partial charge is 0.490 e. The maximum atomic E-state index is 12.7. The third kappa shape index (κ3) is 3.83. The molecule has 2 unspecified atom stereocenters. The summed E-state index contributed by atoms with van der Waals surface area (Å²) in [6.45, 7) is 2.14. The van der Waals surface area contributed by atoms with Gasteiger partial charge >= 0.3 is 5.97 Å². The van der Waals surface area contributed by atoms with Crippen LogP contribution in [0.1, 0.15) is 43.5 Å². The average molecular weight is 512 g/mol. The maximum Gasteiger partial charge on any atom is 0.331 e. The van der Waals surface area contributed by atoms with Gasteiger partial charge in [0.25, 0.3) is 0 Å². The Hall–Kier alpha value is -1.47. The second-order valence-electron chi connectivity index (χ2n) is 7.19. The second-order valence-corrected chi connectivity index (χ2v) is 8.91. The van der Waals surface area contributed by atoms with E-state index in [1.54, 1.807) is 0 Å². The van der Waals surface area contributed by atoms with Gasteiger partial charge in [-0.2, -0.15) is 0 Å². The van der Waals surface area contributed by atoms with Crippen LogP contribution in [0.15, 0.2) is 42.5 Å². The van der Waals surface area contributed by atoms with Crippen LogP contribution in [-0.2, 0) is 9.53 Å². The van der Waals surface area contributed by atoms with Gasteiger partial charge in [-0.1, -0.05) is 0 Å². The van der Waals surface area contributed by atoms with Crippen molar-refractivity contribution < 1.29 is 14.3 Å². The minimum atomic E-state index is -0.587. The normalized spacial score (nSPS) is 21.6. The van der Waals surface area contributed by atoms with Gasteiger partial charge < -0.3 is 14.4 Å². The number of fused-ring (bicyclic) bond motifs is 1. The van der Waals surface area contributed by atoms with Crippen molar-refractivity contribution in [3.8, 4) is 5.75 Å². The molecule has 2 aromatic rings. The van der Waals surface area contributed by atoms with E-state index in [-0.39, 0.29) is 5.97 Å². The molecule has 0 radical (unpaired) electrons. The Labute approximate surface area is 184 Å². The molecule has 2 aliphatic rings. The third-order valence-corrected chi connectivity index (χ3v) is 6.49. The van der Waals surface area contributed by atoms with Gasteiger partial charge in [-0.25, -0.2) is 4.79 Å². The topological polar surface area (TPSA) is 38.8 Å². The molecule has 1 aliphatic heterocycles. The van der Waals surface area contributed by atoms with Gasteiger partial charge in [-0.05, 0) is 103 Å². The Balaban J connectivity index is 1.65. The SMILES string of the molecule is CCOC(=O)C1C(Cl)c2cc(I)ccc2N1c1ccc(OC2CCCC2)cc1. The average Bonchev–Trinajstić information content (AvgIpc) is 3.29. The van der Waals surface area contributed by atoms with Crippen LogP contribution in [0.5, 0.6) is 5.75 Å². The van der Waals surface area contributed by atoms with Crippen LogP contribution in [-0.4, -0.2) is 24.7 Å². The molecule has 0 aromatic heterocycles. The van der Waals surface area contributed by atoms with E-state index in [1.165, 1.54) is 12.8 Å². The summed E-state index contributed by atoms with van der Waals surface area (Å²) < 4.78 is 12.5. The monoisotopic (exact) mass is 511 g/mol. The number of esters is 1. The van der Waals surface area contributed by atoms with Crippen molar-refractivity contribution in [2.45, 2.75) is 50.1 Å². The molecule has 4 nitrogen and oxygen atoms in total. The van der Waals surface area contributed by atoms with Gasteiger partial charge in [0.2, 0.25) is 0 Å². The van der Waals surface area contributed by atoms with Gasteiger partial charge in [0.05, 0.1) is 18.1 Å². The van der Waals surface area contributed by atoms with Gasteiger partial charge in [-0.15, -0.1) is 11.6 Å². The van der Waals surface area contributed by atoms with Crippen LogP contribution in [0.2, 0.25) is 0 Å². The highest BCUT2D eigenvalue weighted by atomic mass is 127. The molecule has 0 N–H and O–H groups in total. The van der Waals surface area contributed by atoms with E-state index in [2.05, 4.69) is 22.6 Å². The number of ether oxygens (including phenoxy) is 2. The standard InChI is InChI=1S/C22H23ClINO3/c1-2-27-22(26)21-20(23)18-13-14(24)7-12-19(18)25(21)15-8-10-17(11-9-15)28-16-5-3-4-6-16/h7-13,16,20-21H,2-6H2,1H3. The summed E-state index contributed by atoms with van der Waals surface area (Å²) in [5, 5.41) is -0.460. The predicted molar refractivity (Wildman–Crippen MR) is 120 cm³/mol. The minimum Gasteiger partial charge on any atom is -0.490 e. The number of alkyl halides is 1. The molecule has 1 aliphatic carbocycles. The zero-order valence-corrected chi connectivity index (χ0v) is 18.7. The number of nitrogens with zero attached hydrogens (tertiary/aromatic N) is 1. The molecule has 2 aromatic carbocycles. The number of halogens is 2. The van der Waals surface area contributed by atoms with Crippen molar-refractivity contribution in [2.75, 3.05) is 11.5 Å². The maximum absolute atomic E-state index is 12.7. The molecule has 0 spiro atoms. The molecule has 2 atom stereocenters. The first-order valence-corrected chi connectivity index (χ1v) is 11.3. The van der Waals surface area contributed by atoms with Crippen molar-refractivity contribution in [2.24, 2.45) is 0 Å². The molecule has 0 amide bonds. The van der Waals surface area contributed by atoms with Crippen LogP contribution in [0.25, 0.3) is 0 Å². The van der Waals surface area contributed by atoms with Crippen LogP contribution in [0.3, 0.4) is 0 Å². The molecule has 0 saturated heterocycles. The van der Waals surface area contributed by atoms with Gasteiger partial charge in [0.1, 0.15) is 5.75 Å². The van der Waals surface area contributed by atoms with Gasteiger partial charge in [-0.3, -0.25) is 0 Å². The van der Waals surface area contributed by atoms with Crippen LogP contribution >= 0.6 is 34.2 Å². The summed E-state index contributed by atoms with van der Waals surface area (Å²) in [5.41, 5.74) is 2.81. The summed E-state index contributed by atoms with van der Waals surface area (Å²) in [5.74, 6) is 0.563. The quantitative estimate of drug-likeness (QED) is 0.281. The number of carbonyl (C=O) groups excluding carboxylic acids is 1. The Morgan fingerprint density at radius 1 is 1.18 bits per heavy atom. The smallest absolute Gasteiger partial charge is 0.331 e. The van der Waals surface area contributed by atoms with Crippen molar-refractivity contribution in [3.63, 3.8) is 0 Å². The minimum absolute atomic E-state index is 0.306. The fourth-order valence-corrected chi connectivity index (χ4v) is 4.96. The first-order chi connectivity index (χ1) is 13.6. The first kappa shape index (κ1) is 19.8. The molecule has 28 heavy (non-hydrogen) atoms. The van der Waals surface area contributed by atoms with E-state index in [0.29, 0.717) is 12.7 Å². The number of anilines is 2. The lowest BCUT2D eigenvalue weighted by Crippen LogP contribution is -2.37. The van der Waals surface area contributed by atoms with Gasteiger partial charge in [0, 0.05) is 14.9 Å². The summed E-state index contributed by atoms with van der Waals surface area (Å²) in [4.78, 5) is 14.7. The summed E-state index contributed by atoms with van der Waals surface area (Å²) in [6, 6.07) is 13.4. The zero-order valence-electron chi connectivity index (χ0n) is 15.7. The van der Waals surface area contributed by atoms with E-state index in [9.17, 15) is 4.79 Å². The molecule has 4 rings (SSSR count). The number of rotatable bonds is 5. The van der Waals surface area contributed by atoms with E-state index in [4.69, 9.17) is 21.1 Å². The Kier molecular flexibility index (Phi) is 6.01. The molecule has 0 bridgehead atoms. The summed E-state index contributed by atoms with van der Waals surface area (Å²) in [6.07, 6.45) is 5.05. The fourth-order valence-electron chi connectivity index (χ4n) is 4.05. The molecule has 1 heterocycles. The summed E-state index contributed by atoms with van der Waals surface area (Å²) in [7, 11) is 0. The highest BCUT2D eigenvalue weighted by Gasteiger charge is 2.44. The highest BCUT2D eigenvalue weighted by molar-refractivity contribution is 14.1. The fraction of sp³-hybridized carbons (Fsp3) is 0.409. The van der Waals surface area contributed by atoms with Crippen LogP contribution in [0.4, 0.5) is 11.4 Å². The molecular formula is C22H23ClINO3. The van der Waals surface area contributed by atoms with E-state index in [1.807, 2.05) is 54.3 Å². The molecule has 148 valence electrons. The Morgan fingerprint density at radius 3 is 2.57 bits per heavy atom. The molecular weight excluding hydrogens is 489 g/mol. The first-order valence-electron chi connectivity index (χ1n) is 9.74.